The summed E-state index contributed by atoms with van der Waals surface area (Å²) in [5.74, 6) is -0.559. The Morgan fingerprint density at radius 3 is 2.45 bits per heavy atom. The molecular formula is C19H19FN2O6S. The number of fused-ring (bicyclic) bond motifs is 1. The van der Waals surface area contributed by atoms with Gasteiger partial charge < -0.3 is 19.5 Å². The molecule has 0 spiro atoms. The highest BCUT2D eigenvalue weighted by atomic mass is 32.2. The van der Waals surface area contributed by atoms with Gasteiger partial charge in [-0.05, 0) is 30.3 Å². The second-order valence-electron chi connectivity index (χ2n) is 6.47. The fraction of sp³-hybridized carbons (Fsp3) is 0.316. The molecule has 0 unspecified atom stereocenters. The number of nitrogens with zero attached hydrogens (tertiary/aromatic N) is 1. The van der Waals surface area contributed by atoms with Crippen LogP contribution in [0.5, 0.6) is 11.5 Å². The monoisotopic (exact) mass is 422 g/mol. The molecule has 0 saturated carbocycles. The number of carbonyl (C=O) groups excluding carboxylic acids is 1. The van der Waals surface area contributed by atoms with Crippen LogP contribution in [0.1, 0.15) is 10.4 Å². The van der Waals surface area contributed by atoms with Gasteiger partial charge in [0.05, 0.1) is 23.7 Å². The van der Waals surface area contributed by atoms with Crippen molar-refractivity contribution in [3.05, 3.63) is 47.8 Å². The van der Waals surface area contributed by atoms with E-state index in [-0.39, 0.29) is 36.8 Å². The normalized spacial score (nSPS) is 17.0. The van der Waals surface area contributed by atoms with Gasteiger partial charge in [0.1, 0.15) is 19.0 Å². The van der Waals surface area contributed by atoms with Crippen molar-refractivity contribution in [1.82, 2.24) is 4.31 Å². The molecule has 2 aromatic rings. The molecule has 2 aromatic carbocycles. The van der Waals surface area contributed by atoms with Crippen molar-refractivity contribution in [3.8, 4) is 11.5 Å². The minimum atomic E-state index is -3.85. The first-order chi connectivity index (χ1) is 13.9. The largest absolute Gasteiger partial charge is 0.486 e. The number of carbonyl (C=O) groups is 1. The molecule has 0 radical (unpaired) electrons. The summed E-state index contributed by atoms with van der Waals surface area (Å²) in [7, 11) is -3.85. The molecule has 10 heteroatoms. The summed E-state index contributed by atoms with van der Waals surface area (Å²) in [6.45, 7) is 1.82. The molecule has 8 nitrogen and oxygen atoms in total. The number of halogens is 1. The first-order valence-electron chi connectivity index (χ1n) is 9.03. The van der Waals surface area contributed by atoms with Gasteiger partial charge in [-0.3, -0.25) is 4.79 Å². The second kappa shape index (κ2) is 7.97. The van der Waals surface area contributed by atoms with E-state index in [0.717, 1.165) is 18.2 Å². The van der Waals surface area contributed by atoms with E-state index in [9.17, 15) is 17.6 Å². The molecule has 2 aliphatic heterocycles. The highest BCUT2D eigenvalue weighted by molar-refractivity contribution is 7.89. The summed E-state index contributed by atoms with van der Waals surface area (Å²) in [6.07, 6.45) is 0. The molecule has 2 aliphatic rings. The molecule has 4 rings (SSSR count). The Morgan fingerprint density at radius 2 is 1.69 bits per heavy atom. The summed E-state index contributed by atoms with van der Waals surface area (Å²) >= 11 is 0. The lowest BCUT2D eigenvalue weighted by Crippen LogP contribution is -2.40. The van der Waals surface area contributed by atoms with Crippen LogP contribution in [-0.2, 0) is 14.8 Å². The minimum absolute atomic E-state index is 0.145. The number of morpholine rings is 1. The van der Waals surface area contributed by atoms with Crippen LogP contribution >= 0.6 is 0 Å². The van der Waals surface area contributed by atoms with Gasteiger partial charge in [0.25, 0.3) is 5.91 Å². The van der Waals surface area contributed by atoms with Crippen molar-refractivity contribution in [2.75, 3.05) is 44.8 Å². The van der Waals surface area contributed by atoms with Crippen LogP contribution in [-0.4, -0.2) is 58.1 Å². The van der Waals surface area contributed by atoms with Crippen LogP contribution in [0.15, 0.2) is 41.3 Å². The number of nitrogens with one attached hydrogen (secondary N) is 1. The van der Waals surface area contributed by atoms with Gasteiger partial charge in [-0.1, -0.05) is 0 Å². The number of amides is 1. The van der Waals surface area contributed by atoms with Crippen molar-refractivity contribution < 1.29 is 31.8 Å². The number of hydrogen-bond acceptors (Lipinski definition) is 6. The molecule has 29 heavy (non-hydrogen) atoms. The van der Waals surface area contributed by atoms with E-state index in [1.54, 1.807) is 18.2 Å². The number of benzene rings is 2. The van der Waals surface area contributed by atoms with E-state index in [0.29, 0.717) is 30.4 Å². The number of hydrogen-bond donors (Lipinski definition) is 1. The van der Waals surface area contributed by atoms with Gasteiger partial charge in [-0.25, -0.2) is 12.8 Å². The smallest absolute Gasteiger partial charge is 0.258 e. The maximum Gasteiger partial charge on any atom is 0.258 e. The van der Waals surface area contributed by atoms with Gasteiger partial charge in [-0.15, -0.1) is 0 Å². The first kappa shape index (κ1) is 19.6. The van der Waals surface area contributed by atoms with E-state index in [1.807, 2.05) is 0 Å². The SMILES string of the molecule is O=C(Nc1ccc2c(c1)OCCO2)c1cc(S(=O)(=O)N2CCOCC2)ccc1F. The van der Waals surface area contributed by atoms with Gasteiger partial charge in [0.15, 0.2) is 11.5 Å². The molecule has 0 bridgehead atoms. The topological polar surface area (TPSA) is 94.2 Å². The Hall–Kier alpha value is -2.69. The number of ether oxygens (including phenoxy) is 3. The van der Waals surface area contributed by atoms with Gasteiger partial charge in [0, 0.05) is 24.8 Å². The van der Waals surface area contributed by atoms with Crippen LogP contribution in [0.2, 0.25) is 0 Å². The van der Waals surface area contributed by atoms with Crippen LogP contribution in [0.25, 0.3) is 0 Å². The van der Waals surface area contributed by atoms with Crippen molar-refractivity contribution in [3.63, 3.8) is 0 Å². The first-order valence-corrected chi connectivity index (χ1v) is 10.5. The predicted molar refractivity (Wildman–Crippen MR) is 101 cm³/mol. The summed E-state index contributed by atoms with van der Waals surface area (Å²) in [5.41, 5.74) is 0.00862. The highest BCUT2D eigenvalue weighted by Crippen LogP contribution is 2.33. The molecule has 154 valence electrons. The summed E-state index contributed by atoms with van der Waals surface area (Å²) in [4.78, 5) is 12.5. The Bertz CT molecular complexity index is 1040. The van der Waals surface area contributed by atoms with Gasteiger partial charge in [-0.2, -0.15) is 4.31 Å². The van der Waals surface area contributed by atoms with Crippen molar-refractivity contribution in [1.29, 1.82) is 0 Å². The highest BCUT2D eigenvalue weighted by Gasteiger charge is 2.28. The molecule has 0 aliphatic carbocycles. The summed E-state index contributed by atoms with van der Waals surface area (Å²) < 4.78 is 57.2. The third kappa shape index (κ3) is 4.04. The number of rotatable bonds is 4. The lowest BCUT2D eigenvalue weighted by Gasteiger charge is -2.26. The lowest BCUT2D eigenvalue weighted by molar-refractivity contribution is 0.0730. The van der Waals surface area contributed by atoms with Crippen LogP contribution in [0, 0.1) is 5.82 Å². The zero-order chi connectivity index (χ0) is 20.4. The average molecular weight is 422 g/mol. The Morgan fingerprint density at radius 1 is 0.966 bits per heavy atom. The van der Waals surface area contributed by atoms with Crippen molar-refractivity contribution in [2.24, 2.45) is 0 Å². The fourth-order valence-corrected chi connectivity index (χ4v) is 4.53. The molecule has 1 fully saturated rings. The Kier molecular flexibility index (Phi) is 5.39. The number of anilines is 1. The molecule has 0 aromatic heterocycles. The van der Waals surface area contributed by atoms with Crippen LogP contribution in [0.3, 0.4) is 0 Å². The molecule has 1 N–H and O–H groups in total. The van der Waals surface area contributed by atoms with E-state index >= 15 is 0 Å². The molecular weight excluding hydrogens is 403 g/mol. The fourth-order valence-electron chi connectivity index (χ4n) is 3.09. The standard InChI is InChI=1S/C19H19FN2O6S/c20-16-3-2-14(29(24,25)22-5-7-26-8-6-22)12-15(16)19(23)21-13-1-4-17-18(11-13)28-10-9-27-17/h1-4,11-12H,5-10H2,(H,21,23). The molecule has 1 amide bonds. The average Bonchev–Trinajstić information content (AvgIpc) is 2.74. The van der Waals surface area contributed by atoms with Crippen LogP contribution < -0.4 is 14.8 Å². The second-order valence-corrected chi connectivity index (χ2v) is 8.41. The maximum atomic E-state index is 14.3. The predicted octanol–water partition coefficient (Wildman–Crippen LogP) is 1.87. The van der Waals surface area contributed by atoms with Crippen molar-refractivity contribution in [2.45, 2.75) is 4.90 Å². The molecule has 1 saturated heterocycles. The summed E-state index contributed by atoms with van der Waals surface area (Å²) in [6, 6.07) is 7.98. The molecule has 2 heterocycles. The van der Waals surface area contributed by atoms with Gasteiger partial charge in [0.2, 0.25) is 10.0 Å². The van der Waals surface area contributed by atoms with E-state index in [1.165, 1.54) is 4.31 Å². The quantitative estimate of drug-likeness (QED) is 0.809. The lowest BCUT2D eigenvalue weighted by atomic mass is 10.2. The van der Waals surface area contributed by atoms with Crippen molar-refractivity contribution >= 4 is 21.6 Å². The third-order valence-electron chi connectivity index (χ3n) is 4.59. The maximum absolute atomic E-state index is 14.3. The zero-order valence-corrected chi connectivity index (χ0v) is 16.2. The Labute approximate surface area is 167 Å². The minimum Gasteiger partial charge on any atom is -0.486 e. The van der Waals surface area contributed by atoms with Gasteiger partial charge >= 0.3 is 0 Å². The Balaban J connectivity index is 1.58. The third-order valence-corrected chi connectivity index (χ3v) is 6.48. The van der Waals surface area contributed by atoms with E-state index in [4.69, 9.17) is 14.2 Å². The van der Waals surface area contributed by atoms with Crippen LogP contribution in [0.4, 0.5) is 10.1 Å². The molecule has 0 atom stereocenters. The van der Waals surface area contributed by atoms with E-state index < -0.39 is 21.7 Å². The summed E-state index contributed by atoms with van der Waals surface area (Å²) in [5, 5.41) is 2.56. The van der Waals surface area contributed by atoms with E-state index in [2.05, 4.69) is 5.32 Å². The zero-order valence-electron chi connectivity index (χ0n) is 15.4. The number of sulfonamides is 1.